The second-order valence-electron chi connectivity index (χ2n) is 5.08. The number of nitrogens with one attached hydrogen (secondary N) is 1. The smallest absolute Gasteiger partial charge is 0.123 e. The molecule has 4 heteroatoms. The zero-order valence-electron chi connectivity index (χ0n) is 12.3. The lowest BCUT2D eigenvalue weighted by Gasteiger charge is -2.32. The highest BCUT2D eigenvalue weighted by Gasteiger charge is 2.17. The van der Waals surface area contributed by atoms with Crippen LogP contribution in [0.25, 0.3) is 0 Å². The van der Waals surface area contributed by atoms with E-state index in [0.29, 0.717) is 12.5 Å². The maximum Gasteiger partial charge on any atom is 0.123 e. The molecule has 0 spiro atoms. The summed E-state index contributed by atoms with van der Waals surface area (Å²) >= 11 is 0. The van der Waals surface area contributed by atoms with Gasteiger partial charge in [-0.15, -0.1) is 0 Å². The second-order valence-corrected chi connectivity index (χ2v) is 5.08. The molecule has 1 aromatic rings. The number of anilines is 1. The highest BCUT2D eigenvalue weighted by Crippen LogP contribution is 2.28. The van der Waals surface area contributed by atoms with Crippen LogP contribution in [0.15, 0.2) is 18.2 Å². The van der Waals surface area contributed by atoms with E-state index in [1.54, 1.807) is 6.07 Å². The van der Waals surface area contributed by atoms with E-state index in [-0.39, 0.29) is 18.5 Å². The van der Waals surface area contributed by atoms with Gasteiger partial charge in [-0.3, -0.25) is 0 Å². The molecule has 0 saturated carbocycles. The first kappa shape index (κ1) is 15.9. The SMILES string of the molecule is CNC(C)c1cc(F)ccc1N(CCCO)C(C)C. The van der Waals surface area contributed by atoms with E-state index >= 15 is 0 Å². The average Bonchev–Trinajstić information content (AvgIpc) is 2.39. The van der Waals surface area contributed by atoms with Crippen molar-refractivity contribution in [2.24, 2.45) is 0 Å². The third kappa shape index (κ3) is 4.18. The molecule has 0 saturated heterocycles. The Balaban J connectivity index is 3.13. The summed E-state index contributed by atoms with van der Waals surface area (Å²) in [6.07, 6.45) is 0.711. The van der Waals surface area contributed by atoms with E-state index in [9.17, 15) is 4.39 Å². The van der Waals surface area contributed by atoms with Crippen molar-refractivity contribution in [1.29, 1.82) is 0 Å². The molecule has 2 N–H and O–H groups in total. The van der Waals surface area contributed by atoms with Crippen LogP contribution in [0.3, 0.4) is 0 Å². The minimum Gasteiger partial charge on any atom is -0.396 e. The lowest BCUT2D eigenvalue weighted by atomic mass is 10.0. The Morgan fingerprint density at radius 2 is 2.00 bits per heavy atom. The molecule has 1 atom stereocenters. The Morgan fingerprint density at radius 1 is 1.32 bits per heavy atom. The van der Waals surface area contributed by atoms with E-state index in [2.05, 4.69) is 24.1 Å². The van der Waals surface area contributed by atoms with Crippen molar-refractivity contribution in [2.75, 3.05) is 25.1 Å². The van der Waals surface area contributed by atoms with Gasteiger partial charge >= 0.3 is 0 Å². The average molecular weight is 268 g/mol. The van der Waals surface area contributed by atoms with Crippen LogP contribution in [-0.2, 0) is 0 Å². The topological polar surface area (TPSA) is 35.5 Å². The van der Waals surface area contributed by atoms with Gasteiger partial charge in [0.2, 0.25) is 0 Å². The zero-order valence-corrected chi connectivity index (χ0v) is 12.3. The fraction of sp³-hybridized carbons (Fsp3) is 0.600. The van der Waals surface area contributed by atoms with Crippen molar-refractivity contribution >= 4 is 5.69 Å². The highest BCUT2D eigenvalue weighted by molar-refractivity contribution is 5.55. The fourth-order valence-electron chi connectivity index (χ4n) is 2.19. The molecule has 0 amide bonds. The van der Waals surface area contributed by atoms with Crippen LogP contribution >= 0.6 is 0 Å². The summed E-state index contributed by atoms with van der Waals surface area (Å²) in [6.45, 7) is 7.16. The van der Waals surface area contributed by atoms with E-state index in [4.69, 9.17) is 5.11 Å². The molecule has 0 radical (unpaired) electrons. The van der Waals surface area contributed by atoms with Gasteiger partial charge in [0.25, 0.3) is 0 Å². The number of nitrogens with zero attached hydrogens (tertiary/aromatic N) is 1. The van der Waals surface area contributed by atoms with E-state index < -0.39 is 0 Å². The third-order valence-corrected chi connectivity index (χ3v) is 3.38. The van der Waals surface area contributed by atoms with Gasteiger partial charge in [0.15, 0.2) is 0 Å². The number of aliphatic hydroxyl groups excluding tert-OH is 1. The van der Waals surface area contributed by atoms with Gasteiger partial charge in [-0.1, -0.05) is 0 Å². The standard InChI is InChI=1S/C15H25FN2O/c1-11(2)18(8-5-9-19)15-7-6-13(16)10-14(15)12(3)17-4/h6-7,10-12,17,19H,5,8-9H2,1-4H3. The molecule has 0 aromatic heterocycles. The molecule has 1 rings (SSSR count). The predicted molar refractivity (Wildman–Crippen MR) is 78.1 cm³/mol. The third-order valence-electron chi connectivity index (χ3n) is 3.38. The Kier molecular flexibility index (Phi) is 6.25. The first-order valence-corrected chi connectivity index (χ1v) is 6.85. The first-order chi connectivity index (χ1) is 9.01. The van der Waals surface area contributed by atoms with Crippen LogP contribution in [0.4, 0.5) is 10.1 Å². The van der Waals surface area contributed by atoms with Gasteiger partial charge < -0.3 is 15.3 Å². The van der Waals surface area contributed by atoms with Crippen molar-refractivity contribution in [3.05, 3.63) is 29.6 Å². The summed E-state index contributed by atoms with van der Waals surface area (Å²) in [5.74, 6) is -0.216. The molecule has 19 heavy (non-hydrogen) atoms. The van der Waals surface area contributed by atoms with Crippen molar-refractivity contribution < 1.29 is 9.50 Å². The quantitative estimate of drug-likeness (QED) is 0.798. The Labute approximate surface area is 115 Å². The number of hydrogen-bond donors (Lipinski definition) is 2. The summed E-state index contributed by atoms with van der Waals surface area (Å²) < 4.78 is 13.5. The van der Waals surface area contributed by atoms with Gasteiger partial charge in [0.05, 0.1) is 0 Å². The number of aliphatic hydroxyl groups is 1. The van der Waals surface area contributed by atoms with Crippen molar-refractivity contribution in [2.45, 2.75) is 39.3 Å². The van der Waals surface area contributed by atoms with Gasteiger partial charge in [-0.2, -0.15) is 0 Å². The van der Waals surface area contributed by atoms with Crippen LogP contribution in [0.1, 0.15) is 38.8 Å². The molecule has 0 aliphatic rings. The monoisotopic (exact) mass is 268 g/mol. The second kappa shape index (κ2) is 7.46. The number of rotatable bonds is 7. The minimum absolute atomic E-state index is 0.0843. The Hall–Kier alpha value is -1.13. The first-order valence-electron chi connectivity index (χ1n) is 6.85. The molecular weight excluding hydrogens is 243 g/mol. The molecular formula is C15H25FN2O. The molecule has 1 unspecified atom stereocenters. The molecule has 0 aliphatic carbocycles. The van der Waals surface area contributed by atoms with Crippen LogP contribution in [0.5, 0.6) is 0 Å². The number of benzene rings is 1. The molecule has 0 fully saturated rings. The molecule has 0 heterocycles. The van der Waals surface area contributed by atoms with Crippen LogP contribution < -0.4 is 10.2 Å². The van der Waals surface area contributed by atoms with Crippen LogP contribution in [0, 0.1) is 5.82 Å². The fourth-order valence-corrected chi connectivity index (χ4v) is 2.19. The number of halogens is 1. The zero-order chi connectivity index (χ0) is 14.4. The largest absolute Gasteiger partial charge is 0.396 e. The summed E-state index contributed by atoms with van der Waals surface area (Å²) in [6, 6.07) is 5.30. The lowest BCUT2D eigenvalue weighted by Crippen LogP contribution is -2.33. The molecule has 0 aliphatic heterocycles. The summed E-state index contributed by atoms with van der Waals surface area (Å²) in [4.78, 5) is 2.21. The van der Waals surface area contributed by atoms with E-state index in [0.717, 1.165) is 17.8 Å². The maximum atomic E-state index is 13.5. The normalized spacial score (nSPS) is 12.8. The van der Waals surface area contributed by atoms with Crippen molar-refractivity contribution in [1.82, 2.24) is 5.32 Å². The molecule has 1 aromatic carbocycles. The van der Waals surface area contributed by atoms with Crippen LogP contribution in [0.2, 0.25) is 0 Å². The highest BCUT2D eigenvalue weighted by atomic mass is 19.1. The minimum atomic E-state index is -0.216. The van der Waals surface area contributed by atoms with E-state index in [1.807, 2.05) is 20.0 Å². The summed E-state index contributed by atoms with van der Waals surface area (Å²) in [5.41, 5.74) is 1.99. The van der Waals surface area contributed by atoms with Gasteiger partial charge in [0, 0.05) is 30.9 Å². The Bertz CT molecular complexity index is 396. The van der Waals surface area contributed by atoms with Crippen molar-refractivity contribution in [3.63, 3.8) is 0 Å². The summed E-state index contributed by atoms with van der Waals surface area (Å²) in [7, 11) is 1.87. The van der Waals surface area contributed by atoms with Gasteiger partial charge in [-0.25, -0.2) is 4.39 Å². The van der Waals surface area contributed by atoms with E-state index in [1.165, 1.54) is 6.07 Å². The van der Waals surface area contributed by atoms with Gasteiger partial charge in [-0.05, 0) is 58.0 Å². The number of hydrogen-bond acceptors (Lipinski definition) is 3. The van der Waals surface area contributed by atoms with Crippen LogP contribution in [-0.4, -0.2) is 31.3 Å². The summed E-state index contributed by atoms with van der Waals surface area (Å²) in [5, 5.41) is 12.2. The molecule has 3 nitrogen and oxygen atoms in total. The lowest BCUT2D eigenvalue weighted by molar-refractivity contribution is 0.288. The Morgan fingerprint density at radius 3 is 2.53 bits per heavy atom. The van der Waals surface area contributed by atoms with Gasteiger partial charge in [0.1, 0.15) is 5.82 Å². The maximum absolute atomic E-state index is 13.5. The molecule has 108 valence electrons. The predicted octanol–water partition coefficient (Wildman–Crippen LogP) is 2.70. The molecule has 0 bridgehead atoms. The van der Waals surface area contributed by atoms with Crippen molar-refractivity contribution in [3.8, 4) is 0 Å².